The van der Waals surface area contributed by atoms with E-state index in [0.717, 1.165) is 51.4 Å². The number of ether oxygens (including phenoxy) is 1. The van der Waals surface area contributed by atoms with Crippen LogP contribution in [0.2, 0.25) is 0 Å². The van der Waals surface area contributed by atoms with Gasteiger partial charge in [0.05, 0.1) is 31.9 Å². The summed E-state index contributed by atoms with van der Waals surface area (Å²) in [6.45, 7) is 2.24. The van der Waals surface area contributed by atoms with Crippen LogP contribution in [0, 0.1) is 17.2 Å². The maximum atomic E-state index is 12.9. The Morgan fingerprint density at radius 2 is 2.08 bits per heavy atom. The van der Waals surface area contributed by atoms with Crippen LogP contribution >= 0.6 is 0 Å². The molecule has 2 saturated carbocycles. The molecule has 0 spiro atoms. The first-order valence-corrected chi connectivity index (χ1v) is 9.75. The number of nitriles is 1. The fourth-order valence-electron chi connectivity index (χ4n) is 4.84. The molecular formula is C19H31N3O3. The second-order valence-corrected chi connectivity index (χ2v) is 7.93. The second kappa shape index (κ2) is 8.03. The molecule has 0 aromatic heterocycles. The van der Waals surface area contributed by atoms with Crippen LogP contribution in [-0.2, 0) is 9.53 Å². The molecule has 0 radical (unpaired) electrons. The average Bonchev–Trinajstić information content (AvgIpc) is 3.08. The minimum Gasteiger partial charge on any atom is -0.393 e. The summed E-state index contributed by atoms with van der Waals surface area (Å²) < 4.78 is 5.64. The first kappa shape index (κ1) is 18.6. The van der Waals surface area contributed by atoms with Crippen LogP contribution in [0.15, 0.2) is 0 Å². The molecule has 0 bridgehead atoms. The van der Waals surface area contributed by atoms with Gasteiger partial charge in [-0.3, -0.25) is 9.69 Å². The highest BCUT2D eigenvalue weighted by Crippen LogP contribution is 2.34. The molecule has 3 aliphatic rings. The number of carbonyl (C=O) groups is 1. The van der Waals surface area contributed by atoms with Crippen LogP contribution in [0.5, 0.6) is 0 Å². The van der Waals surface area contributed by atoms with E-state index in [1.54, 1.807) is 11.9 Å². The third kappa shape index (κ3) is 3.84. The summed E-state index contributed by atoms with van der Waals surface area (Å²) in [4.78, 5) is 16.8. The van der Waals surface area contributed by atoms with Gasteiger partial charge < -0.3 is 14.7 Å². The Morgan fingerprint density at radius 3 is 2.72 bits per heavy atom. The maximum absolute atomic E-state index is 12.9. The molecule has 1 saturated heterocycles. The number of likely N-dealkylation sites (N-methyl/N-ethyl adjacent to an activating group) is 1. The number of hydrogen-bond donors (Lipinski definition) is 1. The number of carbonyl (C=O) groups excluding carboxylic acids is 1. The average molecular weight is 349 g/mol. The van der Waals surface area contributed by atoms with Crippen molar-refractivity contribution < 1.29 is 14.6 Å². The quantitative estimate of drug-likeness (QED) is 0.833. The molecule has 2 aliphatic carbocycles. The van der Waals surface area contributed by atoms with Crippen molar-refractivity contribution in [1.29, 1.82) is 5.26 Å². The Bertz CT molecular complexity index is 513. The van der Waals surface area contributed by atoms with Gasteiger partial charge in [-0.2, -0.15) is 5.26 Å². The molecule has 0 aromatic carbocycles. The van der Waals surface area contributed by atoms with Crippen LogP contribution < -0.4 is 0 Å². The van der Waals surface area contributed by atoms with Crippen LogP contribution in [0.1, 0.15) is 51.4 Å². The Labute approximate surface area is 150 Å². The summed E-state index contributed by atoms with van der Waals surface area (Å²) in [5.74, 6) is 0.209. The monoisotopic (exact) mass is 349 g/mol. The number of rotatable bonds is 4. The van der Waals surface area contributed by atoms with Gasteiger partial charge in [-0.05, 0) is 25.7 Å². The van der Waals surface area contributed by atoms with E-state index >= 15 is 0 Å². The lowest BCUT2D eigenvalue weighted by Crippen LogP contribution is -2.57. The molecule has 0 aromatic rings. The van der Waals surface area contributed by atoms with Crippen LogP contribution in [0.4, 0.5) is 0 Å². The summed E-state index contributed by atoms with van der Waals surface area (Å²) in [6, 6.07) is 2.54. The number of aliphatic hydroxyl groups excluding tert-OH is 1. The lowest BCUT2D eigenvalue weighted by Gasteiger charge is -2.43. The van der Waals surface area contributed by atoms with Crippen molar-refractivity contribution in [3.05, 3.63) is 0 Å². The first-order valence-electron chi connectivity index (χ1n) is 9.75. The minimum atomic E-state index is -0.635. The smallest absolute Gasteiger partial charge is 0.237 e. The molecule has 140 valence electrons. The van der Waals surface area contributed by atoms with Crippen molar-refractivity contribution in [2.24, 2.45) is 5.92 Å². The van der Waals surface area contributed by atoms with E-state index in [9.17, 15) is 15.2 Å². The van der Waals surface area contributed by atoms with E-state index in [1.165, 1.54) is 0 Å². The lowest BCUT2D eigenvalue weighted by molar-refractivity contribution is -0.140. The Balaban J connectivity index is 1.66. The van der Waals surface area contributed by atoms with Crippen LogP contribution in [0.25, 0.3) is 0 Å². The van der Waals surface area contributed by atoms with Gasteiger partial charge in [0.25, 0.3) is 0 Å². The maximum Gasteiger partial charge on any atom is 0.237 e. The Morgan fingerprint density at radius 1 is 1.32 bits per heavy atom. The van der Waals surface area contributed by atoms with Crippen molar-refractivity contribution in [2.45, 2.75) is 69.1 Å². The van der Waals surface area contributed by atoms with Crippen molar-refractivity contribution in [2.75, 3.05) is 33.4 Å². The predicted molar refractivity (Wildman–Crippen MR) is 93.7 cm³/mol. The molecule has 6 nitrogen and oxygen atoms in total. The summed E-state index contributed by atoms with van der Waals surface area (Å²) >= 11 is 0. The molecule has 6 heteroatoms. The lowest BCUT2D eigenvalue weighted by atomic mass is 9.81. The SMILES string of the molecule is CN(C(=O)CN1CCOC[C@@H]1[C@@H]1CCC[C@H]1O)C1(C#N)CCCCC1. The van der Waals surface area contributed by atoms with Crippen molar-refractivity contribution in [1.82, 2.24) is 9.80 Å². The minimum absolute atomic E-state index is 0.0165. The fraction of sp³-hybridized carbons (Fsp3) is 0.895. The number of amides is 1. The largest absolute Gasteiger partial charge is 0.393 e. The zero-order valence-electron chi connectivity index (χ0n) is 15.3. The van der Waals surface area contributed by atoms with Crippen LogP contribution in [0.3, 0.4) is 0 Å². The highest BCUT2D eigenvalue weighted by molar-refractivity contribution is 5.79. The Hall–Kier alpha value is -1.16. The molecular weight excluding hydrogens is 318 g/mol. The summed E-state index contributed by atoms with van der Waals surface area (Å²) in [7, 11) is 1.79. The van der Waals surface area contributed by atoms with Gasteiger partial charge >= 0.3 is 0 Å². The second-order valence-electron chi connectivity index (χ2n) is 7.93. The van der Waals surface area contributed by atoms with Gasteiger partial charge in [0.1, 0.15) is 5.54 Å². The normalized spacial score (nSPS) is 32.9. The Kier molecular flexibility index (Phi) is 5.98. The van der Waals surface area contributed by atoms with E-state index in [-0.39, 0.29) is 24.0 Å². The van der Waals surface area contributed by atoms with Gasteiger partial charge in [0, 0.05) is 25.6 Å². The molecule has 0 unspecified atom stereocenters. The van der Waals surface area contributed by atoms with Gasteiger partial charge in [-0.1, -0.05) is 25.7 Å². The summed E-state index contributed by atoms with van der Waals surface area (Å²) in [5, 5.41) is 20.0. The highest BCUT2D eigenvalue weighted by Gasteiger charge is 2.42. The predicted octanol–water partition coefficient (Wildman–Crippen LogP) is 1.53. The molecule has 25 heavy (non-hydrogen) atoms. The zero-order valence-corrected chi connectivity index (χ0v) is 15.3. The fourth-order valence-corrected chi connectivity index (χ4v) is 4.84. The number of aliphatic hydroxyl groups is 1. The van der Waals surface area contributed by atoms with Crippen molar-refractivity contribution >= 4 is 5.91 Å². The molecule has 3 rings (SSSR count). The molecule has 1 aliphatic heterocycles. The summed E-state index contributed by atoms with van der Waals surface area (Å²) in [6.07, 6.45) is 7.33. The van der Waals surface area contributed by atoms with Gasteiger partial charge in [-0.25, -0.2) is 0 Å². The third-order valence-electron chi connectivity index (χ3n) is 6.55. The summed E-state index contributed by atoms with van der Waals surface area (Å²) in [5.41, 5.74) is -0.635. The van der Waals surface area contributed by atoms with Gasteiger partial charge in [0.15, 0.2) is 0 Å². The van der Waals surface area contributed by atoms with E-state index in [2.05, 4.69) is 11.0 Å². The van der Waals surface area contributed by atoms with Crippen LogP contribution in [-0.4, -0.2) is 71.8 Å². The zero-order chi connectivity index (χ0) is 17.9. The topological polar surface area (TPSA) is 76.8 Å². The highest BCUT2D eigenvalue weighted by atomic mass is 16.5. The molecule has 3 fully saturated rings. The van der Waals surface area contributed by atoms with Crippen molar-refractivity contribution in [3.8, 4) is 6.07 Å². The van der Waals surface area contributed by atoms with Gasteiger partial charge in [0.2, 0.25) is 5.91 Å². The molecule has 1 N–H and O–H groups in total. The third-order valence-corrected chi connectivity index (χ3v) is 6.55. The number of morpholine rings is 1. The van der Waals surface area contributed by atoms with E-state index in [1.807, 2.05) is 0 Å². The molecule has 3 atom stereocenters. The van der Waals surface area contributed by atoms with E-state index < -0.39 is 5.54 Å². The van der Waals surface area contributed by atoms with Gasteiger partial charge in [-0.15, -0.1) is 0 Å². The van der Waals surface area contributed by atoms with E-state index in [4.69, 9.17) is 4.74 Å². The molecule has 1 amide bonds. The van der Waals surface area contributed by atoms with E-state index in [0.29, 0.717) is 26.3 Å². The number of nitrogens with zero attached hydrogens (tertiary/aromatic N) is 3. The van der Waals surface area contributed by atoms with Crippen molar-refractivity contribution in [3.63, 3.8) is 0 Å². The molecule has 1 heterocycles. The standard InChI is InChI=1S/C19H31N3O3/c1-21(19(14-20)8-3-2-4-9-19)18(24)12-22-10-11-25-13-16(22)15-6-5-7-17(15)23/h15-17,23H,2-13H2,1H3/t15-,16+,17+/m0/s1. The number of hydrogen-bond acceptors (Lipinski definition) is 5. The first-order chi connectivity index (χ1) is 12.1.